The van der Waals surface area contributed by atoms with Crippen molar-refractivity contribution in [3.8, 4) is 6.07 Å². The minimum absolute atomic E-state index is 0.229. The molecule has 2 rings (SSSR count). The molecule has 1 unspecified atom stereocenters. The van der Waals surface area contributed by atoms with Gasteiger partial charge in [0.2, 0.25) is 0 Å². The predicted molar refractivity (Wildman–Crippen MR) is 79.0 cm³/mol. The van der Waals surface area contributed by atoms with Crippen molar-refractivity contribution >= 4 is 0 Å². The molecule has 1 heterocycles. The largest absolute Gasteiger partial charge is 0.304 e. The fourth-order valence-corrected chi connectivity index (χ4v) is 1.98. The molecule has 0 bridgehead atoms. The molecule has 0 amide bonds. The third-order valence-electron chi connectivity index (χ3n) is 3.32. The molecule has 1 aromatic carbocycles. The van der Waals surface area contributed by atoms with Gasteiger partial charge in [0, 0.05) is 24.8 Å². The molecule has 0 aliphatic heterocycles. The number of hydrogen-bond donors (Lipinski definition) is 1. The van der Waals surface area contributed by atoms with Crippen LogP contribution in [0.1, 0.15) is 49.7 Å². The minimum Gasteiger partial charge on any atom is -0.304 e. The molecular formula is C16H20N4. The number of rotatable bonds is 5. The first-order chi connectivity index (χ1) is 9.60. The number of nitriles is 1. The van der Waals surface area contributed by atoms with Gasteiger partial charge in [-0.3, -0.25) is 4.68 Å². The average molecular weight is 268 g/mol. The van der Waals surface area contributed by atoms with Gasteiger partial charge in [0.15, 0.2) is 0 Å². The summed E-state index contributed by atoms with van der Waals surface area (Å²) in [5.74, 6) is 0. The third kappa shape index (κ3) is 3.46. The van der Waals surface area contributed by atoms with Crippen molar-refractivity contribution in [2.75, 3.05) is 0 Å². The van der Waals surface area contributed by atoms with E-state index in [0.717, 1.165) is 12.2 Å². The molecule has 0 fully saturated rings. The maximum Gasteiger partial charge on any atom is 0.0991 e. The normalized spacial score (nSPS) is 12.3. The van der Waals surface area contributed by atoms with E-state index < -0.39 is 0 Å². The Bertz CT molecular complexity index is 590. The minimum atomic E-state index is 0.229. The van der Waals surface area contributed by atoms with Crippen LogP contribution in [-0.4, -0.2) is 9.78 Å². The van der Waals surface area contributed by atoms with E-state index in [9.17, 15) is 0 Å². The molecule has 4 heteroatoms. The average Bonchev–Trinajstić information content (AvgIpc) is 2.94. The van der Waals surface area contributed by atoms with E-state index >= 15 is 0 Å². The summed E-state index contributed by atoms with van der Waals surface area (Å²) in [5, 5.41) is 16.8. The van der Waals surface area contributed by atoms with Crippen molar-refractivity contribution in [2.24, 2.45) is 0 Å². The molecule has 0 aliphatic carbocycles. The fraction of sp³-hybridized carbons (Fsp3) is 0.375. The molecule has 4 nitrogen and oxygen atoms in total. The van der Waals surface area contributed by atoms with Crippen LogP contribution in [0.4, 0.5) is 0 Å². The maximum absolute atomic E-state index is 8.79. The monoisotopic (exact) mass is 268 g/mol. The number of aromatic nitrogens is 2. The van der Waals surface area contributed by atoms with Gasteiger partial charge in [-0.2, -0.15) is 10.4 Å². The van der Waals surface area contributed by atoms with E-state index in [2.05, 4.69) is 37.3 Å². The second kappa shape index (κ2) is 6.36. The van der Waals surface area contributed by atoms with Crippen molar-refractivity contribution in [2.45, 2.75) is 39.4 Å². The molecule has 1 aromatic heterocycles. The van der Waals surface area contributed by atoms with Gasteiger partial charge in [0.25, 0.3) is 0 Å². The van der Waals surface area contributed by atoms with Crippen LogP contribution < -0.4 is 5.32 Å². The fourth-order valence-electron chi connectivity index (χ4n) is 1.98. The van der Waals surface area contributed by atoms with E-state index in [1.807, 2.05) is 41.2 Å². The standard InChI is InChI=1S/C16H20N4/c1-12(2)20-9-8-16(19-20)11-18-13(3)15-6-4-14(10-17)5-7-15/h4-9,12-13,18H,11H2,1-3H3. The summed E-state index contributed by atoms with van der Waals surface area (Å²) in [6.07, 6.45) is 2.01. The van der Waals surface area contributed by atoms with Gasteiger partial charge in [-0.25, -0.2) is 0 Å². The number of hydrogen-bond acceptors (Lipinski definition) is 3. The van der Waals surface area contributed by atoms with Crippen LogP contribution in [0.2, 0.25) is 0 Å². The zero-order chi connectivity index (χ0) is 14.5. The van der Waals surface area contributed by atoms with Gasteiger partial charge in [0.05, 0.1) is 17.3 Å². The van der Waals surface area contributed by atoms with E-state index in [-0.39, 0.29) is 6.04 Å². The Morgan fingerprint density at radius 1 is 1.20 bits per heavy atom. The number of nitrogens with zero attached hydrogens (tertiary/aromatic N) is 3. The highest BCUT2D eigenvalue weighted by atomic mass is 15.3. The lowest BCUT2D eigenvalue weighted by Crippen LogP contribution is -2.18. The first-order valence-corrected chi connectivity index (χ1v) is 6.87. The third-order valence-corrected chi connectivity index (χ3v) is 3.32. The molecule has 0 radical (unpaired) electrons. The van der Waals surface area contributed by atoms with Crippen LogP contribution in [0.3, 0.4) is 0 Å². The van der Waals surface area contributed by atoms with Crippen LogP contribution >= 0.6 is 0 Å². The zero-order valence-corrected chi connectivity index (χ0v) is 12.2. The predicted octanol–water partition coefficient (Wildman–Crippen LogP) is 3.19. The highest BCUT2D eigenvalue weighted by molar-refractivity contribution is 5.32. The molecule has 2 aromatic rings. The molecule has 0 saturated heterocycles. The van der Waals surface area contributed by atoms with Crippen LogP contribution in [0.15, 0.2) is 36.5 Å². The molecule has 104 valence electrons. The first kappa shape index (κ1) is 14.3. The van der Waals surface area contributed by atoms with Gasteiger partial charge in [-0.15, -0.1) is 0 Å². The summed E-state index contributed by atoms with van der Waals surface area (Å²) < 4.78 is 1.96. The van der Waals surface area contributed by atoms with Gasteiger partial charge in [-0.1, -0.05) is 12.1 Å². The Morgan fingerprint density at radius 3 is 2.45 bits per heavy atom. The van der Waals surface area contributed by atoms with Gasteiger partial charge in [-0.05, 0) is 44.5 Å². The van der Waals surface area contributed by atoms with E-state index in [0.29, 0.717) is 11.6 Å². The Kier molecular flexibility index (Phi) is 4.54. The Labute approximate surface area is 120 Å². The van der Waals surface area contributed by atoms with E-state index in [1.165, 1.54) is 5.56 Å². The maximum atomic E-state index is 8.79. The molecule has 0 aliphatic rings. The SMILES string of the molecule is CC(NCc1ccn(C(C)C)n1)c1ccc(C#N)cc1. The Hall–Kier alpha value is -2.12. The van der Waals surface area contributed by atoms with E-state index in [1.54, 1.807) is 0 Å². The lowest BCUT2D eigenvalue weighted by Gasteiger charge is -2.13. The summed E-state index contributed by atoms with van der Waals surface area (Å²) in [5.41, 5.74) is 2.91. The molecule has 0 spiro atoms. The number of benzene rings is 1. The second-order valence-electron chi connectivity index (χ2n) is 5.22. The van der Waals surface area contributed by atoms with Gasteiger partial charge >= 0.3 is 0 Å². The molecule has 1 N–H and O–H groups in total. The van der Waals surface area contributed by atoms with Gasteiger partial charge in [0.1, 0.15) is 0 Å². The second-order valence-corrected chi connectivity index (χ2v) is 5.22. The summed E-state index contributed by atoms with van der Waals surface area (Å²) in [6.45, 7) is 7.08. The van der Waals surface area contributed by atoms with Crippen molar-refractivity contribution in [3.63, 3.8) is 0 Å². The summed E-state index contributed by atoms with van der Waals surface area (Å²) in [6, 6.07) is 12.5. The first-order valence-electron chi connectivity index (χ1n) is 6.87. The molecule has 0 saturated carbocycles. The van der Waals surface area contributed by atoms with Crippen LogP contribution in [-0.2, 0) is 6.54 Å². The van der Waals surface area contributed by atoms with Gasteiger partial charge < -0.3 is 5.32 Å². The lowest BCUT2D eigenvalue weighted by atomic mass is 10.1. The molecule has 20 heavy (non-hydrogen) atoms. The van der Waals surface area contributed by atoms with E-state index in [4.69, 9.17) is 5.26 Å². The Morgan fingerprint density at radius 2 is 1.90 bits per heavy atom. The molecule has 1 atom stereocenters. The van der Waals surface area contributed by atoms with Crippen molar-refractivity contribution in [1.29, 1.82) is 5.26 Å². The van der Waals surface area contributed by atoms with Crippen molar-refractivity contribution < 1.29 is 0 Å². The smallest absolute Gasteiger partial charge is 0.0991 e. The Balaban J connectivity index is 1.93. The highest BCUT2D eigenvalue weighted by Gasteiger charge is 2.07. The molecular weight excluding hydrogens is 248 g/mol. The van der Waals surface area contributed by atoms with Crippen LogP contribution in [0, 0.1) is 11.3 Å². The zero-order valence-electron chi connectivity index (χ0n) is 12.2. The number of nitrogens with one attached hydrogen (secondary N) is 1. The summed E-state index contributed by atoms with van der Waals surface area (Å²) in [7, 11) is 0. The topological polar surface area (TPSA) is 53.6 Å². The summed E-state index contributed by atoms with van der Waals surface area (Å²) >= 11 is 0. The quantitative estimate of drug-likeness (QED) is 0.906. The summed E-state index contributed by atoms with van der Waals surface area (Å²) in [4.78, 5) is 0. The van der Waals surface area contributed by atoms with Crippen LogP contribution in [0.5, 0.6) is 0 Å². The van der Waals surface area contributed by atoms with Crippen molar-refractivity contribution in [1.82, 2.24) is 15.1 Å². The highest BCUT2D eigenvalue weighted by Crippen LogP contribution is 2.14. The lowest BCUT2D eigenvalue weighted by molar-refractivity contribution is 0.512. The van der Waals surface area contributed by atoms with Crippen molar-refractivity contribution in [3.05, 3.63) is 53.3 Å². The van der Waals surface area contributed by atoms with Crippen LogP contribution in [0.25, 0.3) is 0 Å².